The molecule has 1 aliphatic rings. The van der Waals surface area contributed by atoms with Crippen LogP contribution in [0, 0.1) is 5.92 Å². The van der Waals surface area contributed by atoms with Gasteiger partial charge in [-0.25, -0.2) is 0 Å². The van der Waals surface area contributed by atoms with Crippen molar-refractivity contribution >= 4 is 5.69 Å². The van der Waals surface area contributed by atoms with Gasteiger partial charge in [-0.3, -0.25) is 4.90 Å². The molecule has 1 unspecified atom stereocenters. The van der Waals surface area contributed by atoms with Crippen LogP contribution in [0.3, 0.4) is 0 Å². The second kappa shape index (κ2) is 4.85. The lowest BCUT2D eigenvalue weighted by atomic mass is 10.1. The standard InChI is InChI=1S/C13H20N2O/c1-10(9-16-2)6-15-7-11-3-4-13(14)5-12(11)8-15/h3-5,10H,6-9,14H2,1-2H3. The lowest BCUT2D eigenvalue weighted by Gasteiger charge is -2.19. The third kappa shape index (κ3) is 2.54. The quantitative estimate of drug-likeness (QED) is 0.787. The average molecular weight is 220 g/mol. The Morgan fingerprint density at radius 3 is 2.88 bits per heavy atom. The van der Waals surface area contributed by atoms with Crippen molar-refractivity contribution in [2.24, 2.45) is 5.92 Å². The van der Waals surface area contributed by atoms with Crippen LogP contribution in [0.5, 0.6) is 0 Å². The summed E-state index contributed by atoms with van der Waals surface area (Å²) in [4.78, 5) is 2.45. The predicted molar refractivity (Wildman–Crippen MR) is 66.0 cm³/mol. The fourth-order valence-corrected chi connectivity index (χ4v) is 2.39. The zero-order valence-electron chi connectivity index (χ0n) is 10.1. The molecular weight excluding hydrogens is 200 g/mol. The largest absolute Gasteiger partial charge is 0.399 e. The molecule has 0 saturated carbocycles. The molecule has 0 aromatic heterocycles. The highest BCUT2D eigenvalue weighted by molar-refractivity contribution is 5.46. The summed E-state index contributed by atoms with van der Waals surface area (Å²) in [5.41, 5.74) is 9.45. The maximum absolute atomic E-state index is 5.79. The summed E-state index contributed by atoms with van der Waals surface area (Å²) in [6, 6.07) is 6.23. The van der Waals surface area contributed by atoms with Crippen LogP contribution in [-0.2, 0) is 17.8 Å². The van der Waals surface area contributed by atoms with Crippen LogP contribution in [0.4, 0.5) is 5.69 Å². The Morgan fingerprint density at radius 2 is 2.12 bits per heavy atom. The van der Waals surface area contributed by atoms with Crippen molar-refractivity contribution in [3.63, 3.8) is 0 Å². The molecule has 1 atom stereocenters. The van der Waals surface area contributed by atoms with Crippen molar-refractivity contribution in [1.29, 1.82) is 0 Å². The summed E-state index contributed by atoms with van der Waals surface area (Å²) in [5, 5.41) is 0. The van der Waals surface area contributed by atoms with Crippen molar-refractivity contribution in [2.75, 3.05) is 26.0 Å². The van der Waals surface area contributed by atoms with Gasteiger partial charge in [-0.05, 0) is 29.2 Å². The Morgan fingerprint density at radius 1 is 1.38 bits per heavy atom. The first-order chi connectivity index (χ1) is 7.69. The van der Waals surface area contributed by atoms with Crippen molar-refractivity contribution in [2.45, 2.75) is 20.0 Å². The Hall–Kier alpha value is -1.06. The summed E-state index contributed by atoms with van der Waals surface area (Å²) in [5.74, 6) is 0.580. The maximum atomic E-state index is 5.79. The van der Waals surface area contributed by atoms with Gasteiger partial charge in [0.1, 0.15) is 0 Å². The number of anilines is 1. The van der Waals surface area contributed by atoms with Crippen molar-refractivity contribution < 1.29 is 4.74 Å². The molecule has 2 rings (SSSR count). The number of hydrogen-bond donors (Lipinski definition) is 1. The Bertz CT molecular complexity index is 365. The van der Waals surface area contributed by atoms with Gasteiger partial charge in [0, 0.05) is 39.0 Å². The van der Waals surface area contributed by atoms with Gasteiger partial charge in [-0.2, -0.15) is 0 Å². The highest BCUT2D eigenvalue weighted by Crippen LogP contribution is 2.25. The van der Waals surface area contributed by atoms with E-state index in [2.05, 4.69) is 24.0 Å². The van der Waals surface area contributed by atoms with Gasteiger partial charge in [0.15, 0.2) is 0 Å². The number of benzene rings is 1. The normalized spacial score (nSPS) is 17.4. The van der Waals surface area contributed by atoms with E-state index in [4.69, 9.17) is 10.5 Å². The highest BCUT2D eigenvalue weighted by atomic mass is 16.5. The van der Waals surface area contributed by atoms with E-state index in [1.54, 1.807) is 7.11 Å². The first kappa shape index (κ1) is 11.4. The smallest absolute Gasteiger partial charge is 0.0500 e. The lowest BCUT2D eigenvalue weighted by molar-refractivity contribution is 0.129. The molecule has 88 valence electrons. The molecule has 1 aromatic carbocycles. The van der Waals surface area contributed by atoms with E-state index in [0.717, 1.165) is 31.9 Å². The molecule has 1 aromatic rings. The average Bonchev–Trinajstić information content (AvgIpc) is 2.59. The first-order valence-electron chi connectivity index (χ1n) is 5.77. The van der Waals surface area contributed by atoms with Crippen LogP contribution < -0.4 is 5.73 Å². The zero-order chi connectivity index (χ0) is 11.5. The highest BCUT2D eigenvalue weighted by Gasteiger charge is 2.20. The first-order valence-corrected chi connectivity index (χ1v) is 5.77. The van der Waals surface area contributed by atoms with Gasteiger partial charge < -0.3 is 10.5 Å². The van der Waals surface area contributed by atoms with Crippen LogP contribution in [0.25, 0.3) is 0 Å². The molecule has 0 spiro atoms. The molecular formula is C13H20N2O. The molecule has 3 nitrogen and oxygen atoms in total. The summed E-state index contributed by atoms with van der Waals surface area (Å²) in [6.07, 6.45) is 0. The second-order valence-corrected chi connectivity index (χ2v) is 4.76. The van der Waals surface area contributed by atoms with Crippen LogP contribution in [0.1, 0.15) is 18.1 Å². The third-order valence-corrected chi connectivity index (χ3v) is 3.04. The summed E-state index contributed by atoms with van der Waals surface area (Å²) >= 11 is 0. The van der Waals surface area contributed by atoms with E-state index in [0.29, 0.717) is 5.92 Å². The molecule has 1 heterocycles. The summed E-state index contributed by atoms with van der Waals surface area (Å²) in [6.45, 7) is 6.20. The second-order valence-electron chi connectivity index (χ2n) is 4.76. The van der Waals surface area contributed by atoms with Gasteiger partial charge in [0.25, 0.3) is 0 Å². The van der Waals surface area contributed by atoms with E-state index in [1.165, 1.54) is 11.1 Å². The predicted octanol–water partition coefficient (Wildman–Crippen LogP) is 1.87. The molecule has 0 saturated heterocycles. The zero-order valence-corrected chi connectivity index (χ0v) is 10.1. The van der Waals surface area contributed by atoms with Crippen LogP contribution in [0.15, 0.2) is 18.2 Å². The molecule has 2 N–H and O–H groups in total. The number of ether oxygens (including phenoxy) is 1. The fraction of sp³-hybridized carbons (Fsp3) is 0.538. The van der Waals surface area contributed by atoms with Gasteiger partial charge >= 0.3 is 0 Å². The molecule has 0 bridgehead atoms. The Labute approximate surface area is 97.2 Å². The van der Waals surface area contributed by atoms with Crippen molar-refractivity contribution in [3.05, 3.63) is 29.3 Å². The molecule has 0 aliphatic carbocycles. The molecule has 0 fully saturated rings. The number of hydrogen-bond acceptors (Lipinski definition) is 3. The summed E-state index contributed by atoms with van der Waals surface area (Å²) in [7, 11) is 1.76. The SMILES string of the molecule is COCC(C)CN1Cc2ccc(N)cc2C1. The fourth-order valence-electron chi connectivity index (χ4n) is 2.39. The number of nitrogens with zero attached hydrogens (tertiary/aromatic N) is 1. The third-order valence-electron chi connectivity index (χ3n) is 3.04. The Kier molecular flexibility index (Phi) is 3.46. The molecule has 0 radical (unpaired) electrons. The van der Waals surface area contributed by atoms with Crippen LogP contribution in [0.2, 0.25) is 0 Å². The van der Waals surface area contributed by atoms with E-state index in [1.807, 2.05) is 6.07 Å². The minimum Gasteiger partial charge on any atom is -0.399 e. The van der Waals surface area contributed by atoms with Crippen molar-refractivity contribution in [1.82, 2.24) is 4.90 Å². The van der Waals surface area contributed by atoms with Gasteiger partial charge in [-0.15, -0.1) is 0 Å². The van der Waals surface area contributed by atoms with Gasteiger partial charge in [0.05, 0.1) is 0 Å². The van der Waals surface area contributed by atoms with Gasteiger partial charge in [-0.1, -0.05) is 13.0 Å². The lowest BCUT2D eigenvalue weighted by Crippen LogP contribution is -2.25. The Balaban J connectivity index is 1.95. The van der Waals surface area contributed by atoms with Crippen LogP contribution in [-0.4, -0.2) is 25.2 Å². The van der Waals surface area contributed by atoms with E-state index in [9.17, 15) is 0 Å². The molecule has 1 aliphatic heterocycles. The van der Waals surface area contributed by atoms with E-state index >= 15 is 0 Å². The topological polar surface area (TPSA) is 38.5 Å². The number of nitrogens with two attached hydrogens (primary N) is 1. The maximum Gasteiger partial charge on any atom is 0.0500 e. The number of nitrogen functional groups attached to an aromatic ring is 1. The minimum atomic E-state index is 0.580. The number of methoxy groups -OCH3 is 1. The van der Waals surface area contributed by atoms with Crippen molar-refractivity contribution in [3.8, 4) is 0 Å². The molecule has 16 heavy (non-hydrogen) atoms. The summed E-state index contributed by atoms with van der Waals surface area (Å²) < 4.78 is 5.16. The number of fused-ring (bicyclic) bond motifs is 1. The molecule has 0 amide bonds. The van der Waals surface area contributed by atoms with E-state index < -0.39 is 0 Å². The van der Waals surface area contributed by atoms with Gasteiger partial charge in [0.2, 0.25) is 0 Å². The number of rotatable bonds is 4. The van der Waals surface area contributed by atoms with E-state index in [-0.39, 0.29) is 0 Å². The molecule has 3 heteroatoms. The minimum absolute atomic E-state index is 0.580. The monoisotopic (exact) mass is 220 g/mol. The van der Waals surface area contributed by atoms with Crippen LogP contribution >= 0.6 is 0 Å².